The van der Waals surface area contributed by atoms with Gasteiger partial charge in [0.15, 0.2) is 16.3 Å². The molecule has 0 aliphatic carbocycles. The first-order valence-electron chi connectivity index (χ1n) is 12.0. The number of hydrogen-bond donors (Lipinski definition) is 0. The molecule has 37 heavy (non-hydrogen) atoms. The van der Waals surface area contributed by atoms with Crippen molar-refractivity contribution in [1.29, 1.82) is 0 Å². The normalized spacial score (nSPS) is 15.2. The monoisotopic (exact) mass is 522 g/mol. The Balaban J connectivity index is 1.92. The van der Waals surface area contributed by atoms with Crippen LogP contribution in [0.2, 0.25) is 0 Å². The van der Waals surface area contributed by atoms with Gasteiger partial charge in [0, 0.05) is 0 Å². The van der Waals surface area contributed by atoms with E-state index in [2.05, 4.69) is 4.99 Å². The fourth-order valence-corrected chi connectivity index (χ4v) is 5.36. The fourth-order valence-electron chi connectivity index (χ4n) is 4.31. The maximum Gasteiger partial charge on any atom is 0.338 e. The number of aryl methyl sites for hydroxylation is 1. The van der Waals surface area contributed by atoms with Gasteiger partial charge in [-0.2, -0.15) is 0 Å². The first-order chi connectivity index (χ1) is 17.8. The molecule has 0 amide bonds. The van der Waals surface area contributed by atoms with E-state index in [-0.39, 0.29) is 12.2 Å². The number of benzene rings is 2. The quantitative estimate of drug-likeness (QED) is 0.421. The standard InChI is InChI=1S/C28H30N2O6S/c1-7-35-20-12-10-18(13-22(20)34-6)14-23-26(31)30-25(19-11-9-16(3)21(15-19)33-5)24(27(32)36-8-2)17(4)29-28(30)37-23/h9-15,25H,7-8H2,1-6H3/b23-14+/t25-/m1/s1. The van der Waals surface area contributed by atoms with Crippen molar-refractivity contribution in [1.82, 2.24) is 4.57 Å². The Hall–Kier alpha value is -3.85. The van der Waals surface area contributed by atoms with Gasteiger partial charge in [0.2, 0.25) is 0 Å². The van der Waals surface area contributed by atoms with Crippen LogP contribution in [0.1, 0.15) is 43.5 Å². The lowest BCUT2D eigenvalue weighted by Crippen LogP contribution is -2.40. The minimum absolute atomic E-state index is 0.212. The van der Waals surface area contributed by atoms with Crippen molar-refractivity contribution in [2.45, 2.75) is 33.7 Å². The summed E-state index contributed by atoms with van der Waals surface area (Å²) in [6.07, 6.45) is 1.79. The van der Waals surface area contributed by atoms with Crippen molar-refractivity contribution in [2.75, 3.05) is 27.4 Å². The zero-order valence-electron chi connectivity index (χ0n) is 21.8. The number of carbonyl (C=O) groups excluding carboxylic acids is 1. The number of thiazole rings is 1. The van der Waals surface area contributed by atoms with Gasteiger partial charge in [-0.05, 0) is 68.7 Å². The molecule has 1 atom stereocenters. The third kappa shape index (κ3) is 5.04. The van der Waals surface area contributed by atoms with E-state index < -0.39 is 12.0 Å². The summed E-state index contributed by atoms with van der Waals surface area (Å²) in [5, 5.41) is 0. The van der Waals surface area contributed by atoms with Crippen LogP contribution in [0.3, 0.4) is 0 Å². The molecule has 0 fully saturated rings. The number of allylic oxidation sites excluding steroid dienone is 1. The Morgan fingerprint density at radius 1 is 1.03 bits per heavy atom. The van der Waals surface area contributed by atoms with Crippen LogP contribution < -0.4 is 29.1 Å². The lowest BCUT2D eigenvalue weighted by Gasteiger charge is -2.25. The van der Waals surface area contributed by atoms with Crippen molar-refractivity contribution >= 4 is 23.4 Å². The summed E-state index contributed by atoms with van der Waals surface area (Å²) < 4.78 is 24.0. The molecule has 1 aliphatic heterocycles. The number of aromatic nitrogens is 1. The van der Waals surface area contributed by atoms with Crippen LogP contribution in [0.15, 0.2) is 57.5 Å². The molecule has 0 spiro atoms. The Morgan fingerprint density at radius 3 is 2.46 bits per heavy atom. The zero-order valence-corrected chi connectivity index (χ0v) is 22.6. The summed E-state index contributed by atoms with van der Waals surface area (Å²) in [6.45, 7) is 8.08. The molecule has 194 valence electrons. The number of rotatable bonds is 8. The Bertz CT molecular complexity index is 1550. The van der Waals surface area contributed by atoms with Crippen LogP contribution in [-0.4, -0.2) is 38.0 Å². The van der Waals surface area contributed by atoms with Crippen molar-refractivity contribution in [3.8, 4) is 17.2 Å². The maximum atomic E-state index is 13.8. The minimum atomic E-state index is -0.707. The summed E-state index contributed by atoms with van der Waals surface area (Å²) >= 11 is 1.27. The molecule has 0 saturated heterocycles. The molecule has 4 rings (SSSR count). The Labute approximate surface area is 219 Å². The first kappa shape index (κ1) is 26.2. The topological polar surface area (TPSA) is 88.4 Å². The summed E-state index contributed by atoms with van der Waals surface area (Å²) in [5.74, 6) is 1.37. The Morgan fingerprint density at radius 2 is 1.78 bits per heavy atom. The molecule has 2 aromatic carbocycles. The number of hydrogen-bond acceptors (Lipinski definition) is 8. The molecule has 0 radical (unpaired) electrons. The van der Waals surface area contributed by atoms with Crippen LogP contribution >= 0.6 is 11.3 Å². The minimum Gasteiger partial charge on any atom is -0.496 e. The summed E-state index contributed by atoms with van der Waals surface area (Å²) in [5.41, 5.74) is 3.04. The van der Waals surface area contributed by atoms with Crippen LogP contribution in [0.4, 0.5) is 0 Å². The summed E-state index contributed by atoms with van der Waals surface area (Å²) in [7, 11) is 3.17. The molecular weight excluding hydrogens is 492 g/mol. The first-order valence-corrected chi connectivity index (χ1v) is 12.8. The van der Waals surface area contributed by atoms with Gasteiger partial charge in [0.1, 0.15) is 5.75 Å². The number of nitrogens with zero attached hydrogens (tertiary/aromatic N) is 2. The lowest BCUT2D eigenvalue weighted by molar-refractivity contribution is -0.139. The molecule has 8 nitrogen and oxygen atoms in total. The lowest BCUT2D eigenvalue weighted by atomic mass is 9.95. The molecule has 9 heteroatoms. The molecule has 3 aromatic rings. The highest BCUT2D eigenvalue weighted by Crippen LogP contribution is 2.33. The second kappa shape index (κ2) is 11.0. The van der Waals surface area contributed by atoms with Gasteiger partial charge in [-0.3, -0.25) is 9.36 Å². The average molecular weight is 523 g/mol. The molecule has 2 heterocycles. The zero-order chi connectivity index (χ0) is 26.7. The molecule has 0 unspecified atom stereocenters. The summed E-state index contributed by atoms with van der Waals surface area (Å²) in [4.78, 5) is 32.0. The second-order valence-electron chi connectivity index (χ2n) is 8.37. The van der Waals surface area contributed by atoms with Gasteiger partial charge in [-0.1, -0.05) is 29.5 Å². The molecule has 1 aliphatic rings. The smallest absolute Gasteiger partial charge is 0.338 e. The van der Waals surface area contributed by atoms with Gasteiger partial charge in [0.25, 0.3) is 5.56 Å². The Kier molecular flexibility index (Phi) is 7.83. The largest absolute Gasteiger partial charge is 0.496 e. The number of fused-ring (bicyclic) bond motifs is 1. The van der Waals surface area contributed by atoms with Crippen LogP contribution in [0.25, 0.3) is 6.08 Å². The average Bonchev–Trinajstić information content (AvgIpc) is 3.18. The van der Waals surface area contributed by atoms with E-state index in [0.717, 1.165) is 16.7 Å². The predicted molar refractivity (Wildman–Crippen MR) is 142 cm³/mol. The van der Waals surface area contributed by atoms with E-state index in [4.69, 9.17) is 18.9 Å². The summed E-state index contributed by atoms with van der Waals surface area (Å²) in [6, 6.07) is 10.5. The van der Waals surface area contributed by atoms with Crippen molar-refractivity contribution in [3.63, 3.8) is 0 Å². The van der Waals surface area contributed by atoms with E-state index in [1.54, 1.807) is 38.7 Å². The third-order valence-corrected chi connectivity index (χ3v) is 7.03. The number of methoxy groups -OCH3 is 2. The highest BCUT2D eigenvalue weighted by atomic mass is 32.1. The van der Waals surface area contributed by atoms with Gasteiger partial charge in [-0.25, -0.2) is 9.79 Å². The van der Waals surface area contributed by atoms with Crippen LogP contribution in [-0.2, 0) is 9.53 Å². The number of carbonyl (C=O) groups is 1. The number of esters is 1. The van der Waals surface area contributed by atoms with E-state index in [9.17, 15) is 9.59 Å². The van der Waals surface area contributed by atoms with Gasteiger partial charge in [0.05, 0.1) is 49.3 Å². The van der Waals surface area contributed by atoms with E-state index in [1.165, 1.54) is 11.3 Å². The van der Waals surface area contributed by atoms with Crippen molar-refractivity contribution in [2.24, 2.45) is 4.99 Å². The molecule has 0 saturated carbocycles. The van der Waals surface area contributed by atoms with Crippen LogP contribution in [0.5, 0.6) is 17.2 Å². The number of ether oxygens (including phenoxy) is 4. The van der Waals surface area contributed by atoms with Gasteiger partial charge in [-0.15, -0.1) is 0 Å². The van der Waals surface area contributed by atoms with Gasteiger partial charge < -0.3 is 18.9 Å². The van der Waals surface area contributed by atoms with Gasteiger partial charge >= 0.3 is 5.97 Å². The second-order valence-corrected chi connectivity index (χ2v) is 9.38. The molecule has 0 N–H and O–H groups in total. The fraction of sp³-hybridized carbons (Fsp3) is 0.321. The third-order valence-electron chi connectivity index (χ3n) is 6.05. The maximum absolute atomic E-state index is 13.8. The SMILES string of the molecule is CCOC(=O)C1=C(C)N=c2s/c(=C/c3ccc(OCC)c(OC)c3)c(=O)n2[C@@H]1c1ccc(C)c(OC)c1. The molecular formula is C28H30N2O6S. The highest BCUT2D eigenvalue weighted by Gasteiger charge is 2.33. The van der Waals surface area contributed by atoms with E-state index in [1.807, 2.05) is 50.2 Å². The molecule has 0 bridgehead atoms. The highest BCUT2D eigenvalue weighted by molar-refractivity contribution is 7.07. The van der Waals surface area contributed by atoms with Crippen molar-refractivity contribution < 1.29 is 23.7 Å². The van der Waals surface area contributed by atoms with Crippen LogP contribution in [0, 0.1) is 6.92 Å². The van der Waals surface area contributed by atoms with Crippen molar-refractivity contribution in [3.05, 3.63) is 84.0 Å². The van der Waals surface area contributed by atoms with E-state index >= 15 is 0 Å². The van der Waals surface area contributed by atoms with E-state index in [0.29, 0.717) is 44.5 Å². The predicted octanol–water partition coefficient (Wildman–Crippen LogP) is 3.52. The molecule has 1 aromatic heterocycles.